The Morgan fingerprint density at radius 3 is 2.86 bits per heavy atom. The van der Waals surface area contributed by atoms with Gasteiger partial charge in [-0.3, -0.25) is 0 Å². The second-order valence-electron chi connectivity index (χ2n) is 3.19. The van der Waals surface area contributed by atoms with Crippen LogP contribution in [0, 0.1) is 0 Å². The van der Waals surface area contributed by atoms with Crippen molar-refractivity contribution in [1.82, 2.24) is 9.36 Å². The van der Waals surface area contributed by atoms with Gasteiger partial charge in [0, 0.05) is 18.2 Å². The van der Waals surface area contributed by atoms with E-state index in [1.807, 2.05) is 0 Å². The number of thioether (sulfide) groups is 1. The van der Waals surface area contributed by atoms with Crippen molar-refractivity contribution in [3.63, 3.8) is 0 Å². The fourth-order valence-electron chi connectivity index (χ4n) is 1.07. The van der Waals surface area contributed by atoms with Crippen LogP contribution in [0.2, 0.25) is 0 Å². The molecule has 0 fully saturated rings. The van der Waals surface area contributed by atoms with Crippen molar-refractivity contribution < 1.29 is 0 Å². The van der Waals surface area contributed by atoms with Crippen molar-refractivity contribution in [3.8, 4) is 0 Å². The number of aryl methyl sites for hydroxylation is 1. The lowest BCUT2D eigenvalue weighted by molar-refractivity contribution is 0.660. The molecule has 2 N–H and O–H groups in total. The van der Waals surface area contributed by atoms with Gasteiger partial charge in [0.05, 0.1) is 0 Å². The molecule has 1 aromatic heterocycles. The van der Waals surface area contributed by atoms with Gasteiger partial charge in [-0.2, -0.15) is 4.37 Å². The molecule has 1 aromatic rings. The first-order valence-electron chi connectivity index (χ1n) is 4.97. The molecule has 1 unspecified atom stereocenters. The zero-order chi connectivity index (χ0) is 10.4. The minimum Gasteiger partial charge on any atom is -0.327 e. The normalized spacial score (nSPS) is 13.1. The summed E-state index contributed by atoms with van der Waals surface area (Å²) in [4.78, 5) is 4.38. The SMILES string of the molecule is CCCC(N)CSc1nc(CC)ns1. The fraction of sp³-hybridized carbons (Fsp3) is 0.778. The van der Waals surface area contributed by atoms with Crippen LogP contribution in [0.1, 0.15) is 32.5 Å². The maximum Gasteiger partial charge on any atom is 0.170 e. The van der Waals surface area contributed by atoms with Crippen LogP contribution in [-0.4, -0.2) is 21.2 Å². The molecule has 80 valence electrons. The van der Waals surface area contributed by atoms with Crippen LogP contribution in [0.15, 0.2) is 4.34 Å². The van der Waals surface area contributed by atoms with Gasteiger partial charge < -0.3 is 5.73 Å². The molecule has 0 aliphatic heterocycles. The van der Waals surface area contributed by atoms with Gasteiger partial charge in [-0.1, -0.05) is 32.0 Å². The minimum atomic E-state index is 0.291. The monoisotopic (exact) mass is 231 g/mol. The molecule has 14 heavy (non-hydrogen) atoms. The van der Waals surface area contributed by atoms with E-state index in [0.717, 1.165) is 35.2 Å². The maximum atomic E-state index is 5.91. The molecule has 0 aromatic carbocycles. The highest BCUT2D eigenvalue weighted by Crippen LogP contribution is 2.21. The first-order valence-corrected chi connectivity index (χ1v) is 6.73. The third kappa shape index (κ3) is 3.94. The van der Waals surface area contributed by atoms with E-state index in [-0.39, 0.29) is 0 Å². The summed E-state index contributed by atoms with van der Waals surface area (Å²) in [5.41, 5.74) is 5.91. The van der Waals surface area contributed by atoms with Crippen molar-refractivity contribution in [2.45, 2.75) is 43.5 Å². The topological polar surface area (TPSA) is 51.8 Å². The summed E-state index contributed by atoms with van der Waals surface area (Å²) in [5.74, 6) is 1.90. The van der Waals surface area contributed by atoms with Gasteiger partial charge in [-0.25, -0.2) is 4.98 Å². The van der Waals surface area contributed by atoms with Crippen molar-refractivity contribution in [3.05, 3.63) is 5.82 Å². The van der Waals surface area contributed by atoms with Crippen LogP contribution in [0.25, 0.3) is 0 Å². The number of nitrogens with two attached hydrogens (primary N) is 1. The standard InChI is InChI=1S/C9H17N3S2/c1-3-5-7(10)6-13-9-11-8(4-2)12-14-9/h7H,3-6,10H2,1-2H3. The summed E-state index contributed by atoms with van der Waals surface area (Å²) in [6.45, 7) is 4.23. The van der Waals surface area contributed by atoms with Crippen molar-refractivity contribution in [1.29, 1.82) is 0 Å². The molecule has 1 rings (SSSR count). The highest BCUT2D eigenvalue weighted by atomic mass is 32.2. The summed E-state index contributed by atoms with van der Waals surface area (Å²) in [6, 6.07) is 0.291. The molecule has 3 nitrogen and oxygen atoms in total. The van der Waals surface area contributed by atoms with E-state index in [9.17, 15) is 0 Å². The Kier molecular flexibility index (Phi) is 5.44. The lowest BCUT2D eigenvalue weighted by Gasteiger charge is -2.06. The van der Waals surface area contributed by atoms with Crippen LogP contribution in [0.4, 0.5) is 0 Å². The van der Waals surface area contributed by atoms with Gasteiger partial charge in [0.25, 0.3) is 0 Å². The van der Waals surface area contributed by atoms with E-state index in [2.05, 4.69) is 23.2 Å². The smallest absolute Gasteiger partial charge is 0.170 e. The summed E-state index contributed by atoms with van der Waals surface area (Å²) in [5, 5.41) is 0. The number of nitrogens with zero attached hydrogens (tertiary/aromatic N) is 2. The average molecular weight is 231 g/mol. The summed E-state index contributed by atoms with van der Waals surface area (Å²) in [6.07, 6.45) is 3.16. The summed E-state index contributed by atoms with van der Waals surface area (Å²) in [7, 11) is 0. The summed E-state index contributed by atoms with van der Waals surface area (Å²) < 4.78 is 5.28. The average Bonchev–Trinajstić information content (AvgIpc) is 2.63. The third-order valence-electron chi connectivity index (χ3n) is 1.85. The molecular formula is C9H17N3S2. The first kappa shape index (κ1) is 11.9. The van der Waals surface area contributed by atoms with Crippen molar-refractivity contribution >= 4 is 23.3 Å². The van der Waals surface area contributed by atoms with Crippen LogP contribution >= 0.6 is 23.3 Å². The van der Waals surface area contributed by atoms with Gasteiger partial charge in [-0.15, -0.1) is 0 Å². The van der Waals surface area contributed by atoms with E-state index < -0.39 is 0 Å². The Bertz CT molecular complexity index is 262. The minimum absolute atomic E-state index is 0.291. The van der Waals surface area contributed by atoms with E-state index in [1.165, 1.54) is 11.5 Å². The Balaban J connectivity index is 2.30. The highest BCUT2D eigenvalue weighted by molar-refractivity contribution is 8.00. The largest absolute Gasteiger partial charge is 0.327 e. The van der Waals surface area contributed by atoms with E-state index in [4.69, 9.17) is 5.73 Å². The molecule has 1 atom stereocenters. The Morgan fingerprint density at radius 2 is 2.29 bits per heavy atom. The van der Waals surface area contributed by atoms with Gasteiger partial charge in [0.15, 0.2) is 4.34 Å². The number of hydrogen-bond acceptors (Lipinski definition) is 5. The highest BCUT2D eigenvalue weighted by Gasteiger charge is 2.06. The molecule has 5 heteroatoms. The predicted octanol–water partition coefficient (Wildman–Crippen LogP) is 2.32. The lowest BCUT2D eigenvalue weighted by Crippen LogP contribution is -2.22. The first-order chi connectivity index (χ1) is 6.76. The number of aromatic nitrogens is 2. The van der Waals surface area contributed by atoms with Crippen molar-refractivity contribution in [2.75, 3.05) is 5.75 Å². The molecule has 0 radical (unpaired) electrons. The van der Waals surface area contributed by atoms with Crippen LogP contribution < -0.4 is 5.73 Å². The second kappa shape index (κ2) is 6.37. The Morgan fingerprint density at radius 1 is 1.50 bits per heavy atom. The predicted molar refractivity (Wildman–Crippen MR) is 62.9 cm³/mol. The Hall–Kier alpha value is -0.130. The van der Waals surface area contributed by atoms with E-state index in [1.54, 1.807) is 11.8 Å². The second-order valence-corrected chi connectivity index (χ2v) is 5.21. The maximum absolute atomic E-state index is 5.91. The van der Waals surface area contributed by atoms with E-state index >= 15 is 0 Å². The van der Waals surface area contributed by atoms with Crippen LogP contribution in [-0.2, 0) is 6.42 Å². The molecule has 0 aliphatic rings. The molecular weight excluding hydrogens is 214 g/mol. The lowest BCUT2D eigenvalue weighted by atomic mass is 10.2. The fourth-order valence-corrected chi connectivity index (χ4v) is 2.79. The molecule has 1 heterocycles. The van der Waals surface area contributed by atoms with Gasteiger partial charge in [0.1, 0.15) is 5.82 Å². The number of rotatable bonds is 6. The Labute approximate surface area is 93.7 Å². The molecule has 0 saturated heterocycles. The molecule has 0 bridgehead atoms. The quantitative estimate of drug-likeness (QED) is 0.763. The molecule has 0 amide bonds. The van der Waals surface area contributed by atoms with Crippen LogP contribution in [0.3, 0.4) is 0 Å². The van der Waals surface area contributed by atoms with E-state index in [0.29, 0.717) is 6.04 Å². The molecule has 0 saturated carbocycles. The third-order valence-corrected chi connectivity index (χ3v) is 3.91. The summed E-state index contributed by atoms with van der Waals surface area (Å²) >= 11 is 3.21. The number of hydrogen-bond donors (Lipinski definition) is 1. The molecule has 0 aliphatic carbocycles. The molecule has 0 spiro atoms. The zero-order valence-corrected chi connectivity index (χ0v) is 10.3. The van der Waals surface area contributed by atoms with Crippen LogP contribution in [0.5, 0.6) is 0 Å². The van der Waals surface area contributed by atoms with Gasteiger partial charge in [0.2, 0.25) is 0 Å². The van der Waals surface area contributed by atoms with Crippen molar-refractivity contribution in [2.24, 2.45) is 5.73 Å². The van der Waals surface area contributed by atoms with Gasteiger partial charge in [-0.05, 0) is 18.0 Å². The van der Waals surface area contributed by atoms with Gasteiger partial charge >= 0.3 is 0 Å². The zero-order valence-electron chi connectivity index (χ0n) is 8.69.